The fraction of sp³-hybridized carbons (Fsp3) is 0.286. The van der Waals surface area contributed by atoms with Gasteiger partial charge in [0, 0.05) is 13.8 Å². The maximum Gasteiger partial charge on any atom is 0.271 e. The van der Waals surface area contributed by atoms with Crippen LogP contribution in [0, 0.1) is 41.5 Å². The van der Waals surface area contributed by atoms with Gasteiger partial charge in [0.1, 0.15) is 0 Å². The third-order valence-corrected chi connectivity index (χ3v) is 10.3. The molecule has 202 valence electrons. The van der Waals surface area contributed by atoms with Crippen LogP contribution in [-0.2, 0) is 29.6 Å². The highest BCUT2D eigenvalue weighted by molar-refractivity contribution is 7.94. The predicted octanol–water partition coefficient (Wildman–Crippen LogP) is 5.02. The molecule has 38 heavy (non-hydrogen) atoms. The van der Waals surface area contributed by atoms with E-state index in [1.165, 1.54) is 24.3 Å². The quantitative estimate of drug-likeness (QED) is 0.422. The Morgan fingerprint density at radius 3 is 0.974 bits per heavy atom. The second-order valence-electron chi connectivity index (χ2n) is 9.55. The maximum atomic E-state index is 13.6. The molecule has 0 aromatic heterocycles. The van der Waals surface area contributed by atoms with Crippen LogP contribution in [0.2, 0.25) is 0 Å². The molecular weight excluding hydrogens is 524 g/mol. The van der Waals surface area contributed by atoms with Gasteiger partial charge in [0.15, 0.2) is 0 Å². The summed E-state index contributed by atoms with van der Waals surface area (Å²) < 4.78 is 55.9. The summed E-state index contributed by atoms with van der Waals surface area (Å²) in [5.74, 6) is -1.47. The largest absolute Gasteiger partial charge is 0.274 e. The fourth-order valence-electron chi connectivity index (χ4n) is 5.03. The zero-order valence-corrected chi connectivity index (χ0v) is 24.4. The van der Waals surface area contributed by atoms with E-state index >= 15 is 0 Å². The van der Waals surface area contributed by atoms with Gasteiger partial charge in [-0.15, -0.1) is 0 Å². The highest BCUT2D eigenvalue weighted by Gasteiger charge is 2.34. The van der Waals surface area contributed by atoms with Crippen LogP contribution in [-0.4, -0.2) is 28.6 Å². The molecule has 3 rings (SSSR count). The summed E-state index contributed by atoms with van der Waals surface area (Å²) >= 11 is 0. The second kappa shape index (κ2) is 10.3. The van der Waals surface area contributed by atoms with Crippen molar-refractivity contribution < 1.29 is 26.4 Å². The van der Waals surface area contributed by atoms with Crippen molar-refractivity contribution in [1.82, 2.24) is 0 Å². The van der Waals surface area contributed by atoms with Crippen LogP contribution >= 0.6 is 0 Å². The van der Waals surface area contributed by atoms with Crippen LogP contribution in [0.3, 0.4) is 0 Å². The summed E-state index contributed by atoms with van der Waals surface area (Å²) in [6.45, 7) is 12.6. The number of aryl methyl sites for hydroxylation is 6. The standard InChI is InChI=1S/C28H32N2O6S2/c1-17-13-19(3)27(20(4)14-17)37(33,34)29(23(7)31)25-9-11-26(12-10-25)30(24(8)32)38(35,36)28-21(5)15-18(2)16-22(28)6/h9-16H,1-8H3. The molecule has 0 aliphatic carbocycles. The van der Waals surface area contributed by atoms with E-state index in [1.807, 2.05) is 13.8 Å². The normalized spacial score (nSPS) is 11.8. The van der Waals surface area contributed by atoms with E-state index in [9.17, 15) is 26.4 Å². The van der Waals surface area contributed by atoms with E-state index in [1.54, 1.807) is 52.0 Å². The molecule has 0 aliphatic heterocycles. The first-order chi connectivity index (χ1) is 17.5. The van der Waals surface area contributed by atoms with Gasteiger partial charge in [0.2, 0.25) is 11.8 Å². The molecule has 0 unspecified atom stereocenters. The minimum absolute atomic E-state index is 0.0178. The number of hydrogen-bond donors (Lipinski definition) is 0. The van der Waals surface area contributed by atoms with Crippen LogP contribution < -0.4 is 8.61 Å². The zero-order chi connectivity index (χ0) is 28.7. The molecule has 0 spiro atoms. The van der Waals surface area contributed by atoms with Gasteiger partial charge in [-0.05, 0) is 88.1 Å². The summed E-state index contributed by atoms with van der Waals surface area (Å²) in [5.41, 5.74) is 3.83. The zero-order valence-electron chi connectivity index (χ0n) is 22.8. The smallest absolute Gasteiger partial charge is 0.271 e. The van der Waals surface area contributed by atoms with Crippen molar-refractivity contribution in [2.75, 3.05) is 8.61 Å². The van der Waals surface area contributed by atoms with Gasteiger partial charge in [-0.3, -0.25) is 9.59 Å². The molecule has 10 heteroatoms. The van der Waals surface area contributed by atoms with E-state index in [-0.39, 0.29) is 21.2 Å². The monoisotopic (exact) mass is 556 g/mol. The minimum atomic E-state index is -4.28. The Hall–Kier alpha value is -3.50. The molecule has 0 heterocycles. The lowest BCUT2D eigenvalue weighted by molar-refractivity contribution is -0.116. The summed E-state index contributed by atoms with van der Waals surface area (Å²) in [4.78, 5) is 25.3. The number of amides is 2. The lowest BCUT2D eigenvalue weighted by Gasteiger charge is -2.26. The number of benzene rings is 3. The van der Waals surface area contributed by atoms with E-state index < -0.39 is 31.9 Å². The molecule has 3 aromatic rings. The Morgan fingerprint density at radius 2 is 0.763 bits per heavy atom. The Morgan fingerprint density at radius 1 is 0.526 bits per heavy atom. The molecule has 0 radical (unpaired) electrons. The molecule has 0 fully saturated rings. The SMILES string of the molecule is CC(=O)N(c1ccc(N(C(C)=O)S(=O)(=O)c2c(C)cc(C)cc2C)cc1)S(=O)(=O)c1c(C)cc(C)cc1C. The molecule has 0 atom stereocenters. The van der Waals surface area contributed by atoms with Gasteiger partial charge >= 0.3 is 0 Å². The van der Waals surface area contributed by atoms with Gasteiger partial charge in [-0.1, -0.05) is 35.4 Å². The van der Waals surface area contributed by atoms with Crippen molar-refractivity contribution in [3.05, 3.63) is 81.9 Å². The highest BCUT2D eigenvalue weighted by Crippen LogP contribution is 2.33. The number of anilines is 2. The summed E-state index contributed by atoms with van der Waals surface area (Å²) in [7, 11) is -8.57. The van der Waals surface area contributed by atoms with Crippen molar-refractivity contribution >= 4 is 43.2 Å². The molecule has 8 nitrogen and oxygen atoms in total. The molecule has 0 N–H and O–H groups in total. The Balaban J connectivity index is 2.14. The molecule has 2 amide bonds. The van der Waals surface area contributed by atoms with E-state index in [2.05, 4.69) is 0 Å². The first kappa shape index (κ1) is 29.1. The summed E-state index contributed by atoms with van der Waals surface area (Å²) in [5, 5.41) is 0. The number of hydrogen-bond acceptors (Lipinski definition) is 6. The number of rotatable bonds is 6. The highest BCUT2D eigenvalue weighted by atomic mass is 32.2. The number of sulfonamides is 2. The molecule has 0 aliphatic rings. The van der Waals surface area contributed by atoms with Crippen LogP contribution in [0.1, 0.15) is 47.2 Å². The molecular formula is C28H32N2O6S2. The van der Waals surface area contributed by atoms with Crippen LogP contribution in [0.15, 0.2) is 58.3 Å². The average molecular weight is 557 g/mol. The van der Waals surface area contributed by atoms with Crippen molar-refractivity contribution in [3.8, 4) is 0 Å². The maximum absolute atomic E-state index is 13.6. The second-order valence-corrected chi connectivity index (χ2v) is 13.0. The molecule has 0 saturated carbocycles. The van der Waals surface area contributed by atoms with Crippen molar-refractivity contribution in [1.29, 1.82) is 0 Å². The first-order valence-corrected chi connectivity index (χ1v) is 14.8. The molecule has 3 aromatic carbocycles. The van der Waals surface area contributed by atoms with Gasteiger partial charge in [-0.2, -0.15) is 0 Å². The van der Waals surface area contributed by atoms with Crippen LogP contribution in [0.4, 0.5) is 11.4 Å². The summed E-state index contributed by atoms with van der Waals surface area (Å²) in [6, 6.07) is 12.2. The Labute approximate surface area is 225 Å². The van der Waals surface area contributed by atoms with Crippen molar-refractivity contribution in [2.45, 2.75) is 65.2 Å². The van der Waals surface area contributed by atoms with Crippen LogP contribution in [0.5, 0.6) is 0 Å². The van der Waals surface area contributed by atoms with E-state index in [0.29, 0.717) is 30.9 Å². The minimum Gasteiger partial charge on any atom is -0.274 e. The Kier molecular flexibility index (Phi) is 7.91. The predicted molar refractivity (Wildman–Crippen MR) is 148 cm³/mol. The van der Waals surface area contributed by atoms with Crippen LogP contribution in [0.25, 0.3) is 0 Å². The van der Waals surface area contributed by atoms with Crippen molar-refractivity contribution in [3.63, 3.8) is 0 Å². The van der Waals surface area contributed by atoms with Gasteiger partial charge in [0.25, 0.3) is 20.0 Å². The fourth-order valence-corrected chi connectivity index (χ4v) is 8.74. The average Bonchev–Trinajstić information content (AvgIpc) is 2.72. The molecule has 0 bridgehead atoms. The van der Waals surface area contributed by atoms with E-state index in [0.717, 1.165) is 25.0 Å². The lowest BCUT2D eigenvalue weighted by atomic mass is 10.1. The number of carbonyl (C=O) groups is 2. The molecule has 0 saturated heterocycles. The van der Waals surface area contributed by atoms with Crippen molar-refractivity contribution in [2.24, 2.45) is 0 Å². The van der Waals surface area contributed by atoms with Gasteiger partial charge < -0.3 is 0 Å². The third kappa shape index (κ3) is 5.23. The topological polar surface area (TPSA) is 109 Å². The number of carbonyl (C=O) groups excluding carboxylic acids is 2. The van der Waals surface area contributed by atoms with Gasteiger partial charge in [-0.25, -0.2) is 25.4 Å². The number of nitrogens with zero attached hydrogens (tertiary/aromatic N) is 2. The summed E-state index contributed by atoms with van der Waals surface area (Å²) in [6.07, 6.45) is 0. The van der Waals surface area contributed by atoms with Gasteiger partial charge in [0.05, 0.1) is 21.2 Å². The first-order valence-electron chi connectivity index (χ1n) is 11.9. The lowest BCUT2D eigenvalue weighted by Crippen LogP contribution is -2.37. The Bertz CT molecular complexity index is 1490. The van der Waals surface area contributed by atoms with E-state index in [4.69, 9.17) is 0 Å². The third-order valence-electron chi connectivity index (χ3n) is 6.10.